The van der Waals surface area contributed by atoms with E-state index in [2.05, 4.69) is 15.3 Å². The van der Waals surface area contributed by atoms with Crippen molar-refractivity contribution in [2.75, 3.05) is 19.5 Å². The van der Waals surface area contributed by atoms with Crippen molar-refractivity contribution in [2.24, 2.45) is 0 Å². The summed E-state index contributed by atoms with van der Waals surface area (Å²) in [6.07, 6.45) is 0. The van der Waals surface area contributed by atoms with Crippen LogP contribution >= 0.6 is 0 Å². The van der Waals surface area contributed by atoms with Gasteiger partial charge in [0, 0.05) is 11.6 Å². The molecular weight excluding hydrogens is 392 g/mol. The smallest absolute Gasteiger partial charge is 0.433 e. The Morgan fingerprint density at radius 3 is 2.67 bits per heavy atom. The number of H-pyrrole nitrogens is 1. The fraction of sp³-hybridized carbons (Fsp3) is 0.100. The summed E-state index contributed by atoms with van der Waals surface area (Å²) >= 11 is 0. The molecule has 0 atom stereocenters. The lowest BCUT2D eigenvalue weighted by Crippen LogP contribution is -2.12. The van der Waals surface area contributed by atoms with Gasteiger partial charge in [0.15, 0.2) is 11.6 Å². The van der Waals surface area contributed by atoms with Gasteiger partial charge in [0.25, 0.3) is 5.91 Å². The first-order chi connectivity index (χ1) is 14.5. The van der Waals surface area contributed by atoms with E-state index in [9.17, 15) is 14.9 Å². The molecule has 2 heterocycles. The van der Waals surface area contributed by atoms with Crippen LogP contribution in [0.5, 0.6) is 11.5 Å². The molecule has 10 heteroatoms. The minimum absolute atomic E-state index is 0.229. The summed E-state index contributed by atoms with van der Waals surface area (Å²) in [6, 6.07) is 12.7. The lowest BCUT2D eigenvalue weighted by Gasteiger charge is -2.11. The average molecular weight is 408 g/mol. The molecule has 4 rings (SSSR count). The highest BCUT2D eigenvalue weighted by molar-refractivity contribution is 6.06. The van der Waals surface area contributed by atoms with Crippen molar-refractivity contribution >= 4 is 28.5 Å². The van der Waals surface area contributed by atoms with Gasteiger partial charge in [-0.05, 0) is 36.4 Å². The van der Waals surface area contributed by atoms with Crippen LogP contribution in [0.1, 0.15) is 10.4 Å². The van der Waals surface area contributed by atoms with Gasteiger partial charge in [0.2, 0.25) is 0 Å². The van der Waals surface area contributed by atoms with Crippen LogP contribution in [-0.2, 0) is 0 Å². The first-order valence-corrected chi connectivity index (χ1v) is 8.76. The highest BCUT2D eigenvalue weighted by Crippen LogP contribution is 2.30. The number of nitrogens with one attached hydrogen (secondary N) is 2. The van der Waals surface area contributed by atoms with E-state index in [1.165, 1.54) is 19.2 Å². The highest BCUT2D eigenvalue weighted by Gasteiger charge is 2.17. The molecular formula is C20H16N4O6. The quantitative estimate of drug-likeness (QED) is 0.364. The number of aromatic nitrogens is 2. The van der Waals surface area contributed by atoms with E-state index >= 15 is 0 Å². The van der Waals surface area contributed by atoms with Gasteiger partial charge >= 0.3 is 5.88 Å². The molecule has 0 fully saturated rings. The van der Waals surface area contributed by atoms with Gasteiger partial charge in [0.05, 0.1) is 37.0 Å². The van der Waals surface area contributed by atoms with Crippen LogP contribution in [0, 0.1) is 10.1 Å². The first kappa shape index (κ1) is 19.0. The molecule has 0 aliphatic carbocycles. The second-order valence-electron chi connectivity index (χ2n) is 6.23. The Morgan fingerprint density at radius 2 is 1.97 bits per heavy atom. The van der Waals surface area contributed by atoms with E-state index in [1.807, 2.05) is 0 Å². The maximum atomic E-state index is 12.7. The van der Waals surface area contributed by atoms with Gasteiger partial charge in [0.1, 0.15) is 16.4 Å². The number of rotatable bonds is 6. The van der Waals surface area contributed by atoms with Gasteiger partial charge in [-0.1, -0.05) is 0 Å². The number of nitrogens with zero attached hydrogens (tertiary/aromatic N) is 2. The standard InChI is InChI=1S/C20H16N4O6/c1-28-12-4-6-14(17(10-12)29-2)23-20(25)11-3-5-13-15(9-11)22-19(21-13)16-7-8-18(30-16)24(26)27/h3-10H,1-2H3,(H,21,22)(H,23,25). The predicted octanol–water partition coefficient (Wildman–Crippen LogP) is 4.00. The molecule has 0 unspecified atom stereocenters. The first-order valence-electron chi connectivity index (χ1n) is 8.76. The van der Waals surface area contributed by atoms with E-state index in [0.29, 0.717) is 39.6 Å². The van der Waals surface area contributed by atoms with Crippen LogP contribution in [0.2, 0.25) is 0 Å². The number of furan rings is 1. The van der Waals surface area contributed by atoms with Gasteiger partial charge in [-0.25, -0.2) is 4.98 Å². The minimum atomic E-state index is -0.623. The number of benzene rings is 2. The Bertz CT molecular complexity index is 1260. The molecule has 0 saturated carbocycles. The summed E-state index contributed by atoms with van der Waals surface area (Å²) in [5.41, 5.74) is 2.05. The van der Waals surface area contributed by atoms with Crippen LogP contribution in [0.15, 0.2) is 52.9 Å². The fourth-order valence-corrected chi connectivity index (χ4v) is 2.92. The predicted molar refractivity (Wildman–Crippen MR) is 108 cm³/mol. The Kier molecular flexibility index (Phi) is 4.80. The molecule has 0 spiro atoms. The summed E-state index contributed by atoms with van der Waals surface area (Å²) in [4.78, 5) is 30.2. The SMILES string of the molecule is COc1ccc(NC(=O)c2ccc3nc(-c4ccc([N+](=O)[O-])o4)[nH]c3c2)c(OC)c1. The number of aromatic amines is 1. The van der Waals surface area contributed by atoms with Crippen molar-refractivity contribution in [3.8, 4) is 23.1 Å². The molecule has 0 aliphatic rings. The maximum Gasteiger partial charge on any atom is 0.433 e. The number of carbonyl (C=O) groups excluding carboxylic acids is 1. The third-order valence-electron chi connectivity index (χ3n) is 4.41. The zero-order valence-corrected chi connectivity index (χ0v) is 16.0. The second-order valence-corrected chi connectivity index (χ2v) is 6.23. The van der Waals surface area contributed by atoms with Crippen molar-refractivity contribution in [3.05, 3.63) is 64.2 Å². The van der Waals surface area contributed by atoms with Crippen molar-refractivity contribution in [3.63, 3.8) is 0 Å². The molecule has 0 bridgehead atoms. The third-order valence-corrected chi connectivity index (χ3v) is 4.41. The molecule has 0 aliphatic heterocycles. The molecule has 4 aromatic rings. The van der Waals surface area contributed by atoms with Gasteiger partial charge in [-0.2, -0.15) is 0 Å². The number of hydrogen-bond acceptors (Lipinski definition) is 7. The van der Waals surface area contributed by atoms with E-state index in [-0.39, 0.29) is 17.6 Å². The zero-order chi connectivity index (χ0) is 21.3. The van der Waals surface area contributed by atoms with E-state index < -0.39 is 4.92 Å². The fourth-order valence-electron chi connectivity index (χ4n) is 2.92. The topological polar surface area (TPSA) is 133 Å². The molecule has 0 radical (unpaired) electrons. The molecule has 2 aromatic heterocycles. The number of carbonyl (C=O) groups is 1. The summed E-state index contributed by atoms with van der Waals surface area (Å²) in [7, 11) is 3.05. The van der Waals surface area contributed by atoms with Gasteiger partial charge in [-0.3, -0.25) is 14.9 Å². The largest absolute Gasteiger partial charge is 0.497 e. The number of amides is 1. The summed E-state index contributed by atoms with van der Waals surface area (Å²) in [5.74, 6) is 0.907. The number of nitro groups is 1. The van der Waals surface area contributed by atoms with Crippen molar-refractivity contribution in [1.82, 2.24) is 9.97 Å². The number of anilines is 1. The maximum absolute atomic E-state index is 12.7. The minimum Gasteiger partial charge on any atom is -0.497 e. The normalized spacial score (nSPS) is 10.7. The Morgan fingerprint density at radius 1 is 1.13 bits per heavy atom. The molecule has 2 N–H and O–H groups in total. The molecule has 1 amide bonds. The Hall–Kier alpha value is -4.34. The van der Waals surface area contributed by atoms with Crippen LogP contribution in [0.3, 0.4) is 0 Å². The van der Waals surface area contributed by atoms with E-state index in [4.69, 9.17) is 13.9 Å². The van der Waals surface area contributed by atoms with Crippen LogP contribution < -0.4 is 14.8 Å². The summed E-state index contributed by atoms with van der Waals surface area (Å²) < 4.78 is 15.6. The monoisotopic (exact) mass is 408 g/mol. The van der Waals surface area contributed by atoms with Crippen LogP contribution in [0.25, 0.3) is 22.6 Å². The lowest BCUT2D eigenvalue weighted by atomic mass is 10.2. The molecule has 10 nitrogen and oxygen atoms in total. The molecule has 2 aromatic carbocycles. The zero-order valence-electron chi connectivity index (χ0n) is 16.0. The average Bonchev–Trinajstić information content (AvgIpc) is 3.40. The van der Waals surface area contributed by atoms with Crippen LogP contribution in [0.4, 0.5) is 11.6 Å². The third kappa shape index (κ3) is 3.53. The van der Waals surface area contributed by atoms with Crippen molar-refractivity contribution in [2.45, 2.75) is 0 Å². The van der Waals surface area contributed by atoms with Crippen molar-refractivity contribution < 1.29 is 23.6 Å². The second kappa shape index (κ2) is 7.59. The summed E-state index contributed by atoms with van der Waals surface area (Å²) in [6.45, 7) is 0. The number of hydrogen-bond donors (Lipinski definition) is 2. The molecule has 0 saturated heterocycles. The van der Waals surface area contributed by atoms with E-state index in [0.717, 1.165) is 0 Å². The van der Waals surface area contributed by atoms with E-state index in [1.54, 1.807) is 43.5 Å². The molecule has 30 heavy (non-hydrogen) atoms. The Labute approximate surface area is 169 Å². The van der Waals surface area contributed by atoms with Crippen molar-refractivity contribution in [1.29, 1.82) is 0 Å². The number of fused-ring (bicyclic) bond motifs is 1. The van der Waals surface area contributed by atoms with Crippen LogP contribution in [-0.4, -0.2) is 35.0 Å². The molecule has 152 valence electrons. The number of imidazole rings is 1. The highest BCUT2D eigenvalue weighted by atomic mass is 16.6. The Balaban J connectivity index is 1.60. The van der Waals surface area contributed by atoms with Gasteiger partial charge in [-0.15, -0.1) is 0 Å². The number of ether oxygens (including phenoxy) is 2. The van der Waals surface area contributed by atoms with Gasteiger partial charge < -0.3 is 24.2 Å². The number of methoxy groups -OCH3 is 2. The lowest BCUT2D eigenvalue weighted by molar-refractivity contribution is -0.401. The summed E-state index contributed by atoms with van der Waals surface area (Å²) in [5, 5.41) is 13.6.